The van der Waals surface area contributed by atoms with E-state index < -0.39 is 12.8 Å². The second-order valence-electron chi connectivity index (χ2n) is 7.37. The number of hydrogen-bond acceptors (Lipinski definition) is 4. The molecule has 0 saturated heterocycles. The van der Waals surface area contributed by atoms with Crippen molar-refractivity contribution in [3.63, 3.8) is 0 Å². The molecule has 2 rings (SSSR count). The molecule has 0 aliphatic rings. The van der Waals surface area contributed by atoms with E-state index in [-0.39, 0.29) is 24.8 Å². The third kappa shape index (κ3) is 7.07. The van der Waals surface area contributed by atoms with E-state index >= 15 is 0 Å². The van der Waals surface area contributed by atoms with E-state index in [9.17, 15) is 18.0 Å². The van der Waals surface area contributed by atoms with Gasteiger partial charge in [0.15, 0.2) is 6.61 Å². The van der Waals surface area contributed by atoms with Crippen molar-refractivity contribution < 1.29 is 22.7 Å². The third-order valence-corrected chi connectivity index (χ3v) is 4.37. The number of carbonyl (C=O) groups is 1. The standard InChI is InChI=1S/C20H27F3N4O2/c1-13(2)11-27-15(4)17(14(3)26-27)7-8-18(28)25-10-16-6-5-9-24-19(16)29-12-20(21,22)23/h5-6,9,13H,7-8,10-12H2,1-4H3,(H,25,28). The summed E-state index contributed by atoms with van der Waals surface area (Å²) in [6.07, 6.45) is -2.30. The van der Waals surface area contributed by atoms with Gasteiger partial charge in [-0.05, 0) is 37.8 Å². The highest BCUT2D eigenvalue weighted by atomic mass is 19.4. The van der Waals surface area contributed by atoms with Crippen molar-refractivity contribution >= 4 is 5.91 Å². The first-order chi connectivity index (χ1) is 13.6. The van der Waals surface area contributed by atoms with Crippen LogP contribution in [0.1, 0.15) is 42.8 Å². The molecule has 6 nitrogen and oxygen atoms in total. The lowest BCUT2D eigenvalue weighted by Gasteiger charge is -2.12. The molecule has 0 saturated carbocycles. The average Bonchev–Trinajstić information content (AvgIpc) is 2.89. The zero-order chi connectivity index (χ0) is 21.6. The van der Waals surface area contributed by atoms with Crippen LogP contribution in [0.3, 0.4) is 0 Å². The number of rotatable bonds is 9. The van der Waals surface area contributed by atoms with Crippen LogP contribution in [0.25, 0.3) is 0 Å². The smallest absolute Gasteiger partial charge is 0.422 e. The Kier molecular flexibility index (Phi) is 7.64. The Morgan fingerprint density at radius 2 is 2.03 bits per heavy atom. The summed E-state index contributed by atoms with van der Waals surface area (Å²) in [4.78, 5) is 16.1. The maximum atomic E-state index is 12.4. The Hall–Kier alpha value is -2.58. The first-order valence-electron chi connectivity index (χ1n) is 9.50. The molecule has 160 valence electrons. The second kappa shape index (κ2) is 9.76. The summed E-state index contributed by atoms with van der Waals surface area (Å²) in [6, 6.07) is 3.15. The molecule has 1 amide bonds. The number of pyridine rings is 1. The minimum atomic E-state index is -4.45. The van der Waals surface area contributed by atoms with Gasteiger partial charge in [-0.25, -0.2) is 4.98 Å². The van der Waals surface area contributed by atoms with Crippen LogP contribution in [-0.2, 0) is 24.3 Å². The highest BCUT2D eigenvalue weighted by Crippen LogP contribution is 2.20. The van der Waals surface area contributed by atoms with Crippen LogP contribution in [-0.4, -0.2) is 33.5 Å². The molecule has 0 fully saturated rings. The van der Waals surface area contributed by atoms with Crippen molar-refractivity contribution in [3.8, 4) is 5.88 Å². The van der Waals surface area contributed by atoms with Crippen molar-refractivity contribution in [1.29, 1.82) is 0 Å². The van der Waals surface area contributed by atoms with Crippen LogP contribution >= 0.6 is 0 Å². The fraction of sp³-hybridized carbons (Fsp3) is 0.550. The van der Waals surface area contributed by atoms with Crippen LogP contribution in [0.2, 0.25) is 0 Å². The van der Waals surface area contributed by atoms with Crippen molar-refractivity contribution in [3.05, 3.63) is 40.8 Å². The predicted octanol–water partition coefficient (Wildman–Crippen LogP) is 3.74. The third-order valence-electron chi connectivity index (χ3n) is 4.37. The lowest BCUT2D eigenvalue weighted by Crippen LogP contribution is -2.25. The maximum Gasteiger partial charge on any atom is 0.422 e. The number of aromatic nitrogens is 3. The molecular weight excluding hydrogens is 385 g/mol. The molecule has 0 bridgehead atoms. The summed E-state index contributed by atoms with van der Waals surface area (Å²) < 4.78 is 43.8. The monoisotopic (exact) mass is 412 g/mol. The van der Waals surface area contributed by atoms with Crippen molar-refractivity contribution in [2.75, 3.05) is 6.61 Å². The van der Waals surface area contributed by atoms with Crippen molar-refractivity contribution in [2.24, 2.45) is 5.92 Å². The summed E-state index contributed by atoms with van der Waals surface area (Å²) in [5.74, 6) is 0.134. The van der Waals surface area contributed by atoms with Gasteiger partial charge in [0.25, 0.3) is 0 Å². The molecule has 0 atom stereocenters. The summed E-state index contributed by atoms with van der Waals surface area (Å²) in [6.45, 7) is 7.60. The van der Waals surface area contributed by atoms with Crippen LogP contribution < -0.4 is 10.1 Å². The number of nitrogens with one attached hydrogen (secondary N) is 1. The van der Waals surface area contributed by atoms with Gasteiger partial charge in [-0.3, -0.25) is 9.48 Å². The van der Waals surface area contributed by atoms with E-state index in [2.05, 4.69) is 29.2 Å². The van der Waals surface area contributed by atoms with Crippen LogP contribution in [0.4, 0.5) is 13.2 Å². The highest BCUT2D eigenvalue weighted by molar-refractivity contribution is 5.76. The minimum Gasteiger partial charge on any atom is -0.468 e. The second-order valence-corrected chi connectivity index (χ2v) is 7.37. The van der Waals surface area contributed by atoms with E-state index in [1.54, 1.807) is 12.1 Å². The molecule has 2 aromatic rings. The minimum absolute atomic E-state index is 0.0461. The van der Waals surface area contributed by atoms with Crippen LogP contribution in [0.15, 0.2) is 18.3 Å². The molecule has 2 heterocycles. The van der Waals surface area contributed by atoms with Gasteiger partial charge in [0.05, 0.1) is 5.69 Å². The van der Waals surface area contributed by atoms with Gasteiger partial charge < -0.3 is 10.1 Å². The lowest BCUT2D eigenvalue weighted by molar-refractivity contribution is -0.154. The highest BCUT2D eigenvalue weighted by Gasteiger charge is 2.29. The largest absolute Gasteiger partial charge is 0.468 e. The molecule has 0 radical (unpaired) electrons. The molecule has 0 aliphatic carbocycles. The van der Waals surface area contributed by atoms with Crippen LogP contribution in [0, 0.1) is 19.8 Å². The lowest BCUT2D eigenvalue weighted by atomic mass is 10.1. The number of amides is 1. The summed E-state index contributed by atoms with van der Waals surface area (Å²) in [7, 11) is 0. The fourth-order valence-corrected chi connectivity index (χ4v) is 2.98. The number of aryl methyl sites for hydroxylation is 1. The Balaban J connectivity index is 1.91. The van der Waals surface area contributed by atoms with Gasteiger partial charge in [0.1, 0.15) is 0 Å². The van der Waals surface area contributed by atoms with Gasteiger partial charge in [-0.2, -0.15) is 18.3 Å². The molecule has 29 heavy (non-hydrogen) atoms. The number of ether oxygens (including phenoxy) is 1. The average molecular weight is 412 g/mol. The summed E-state index contributed by atoms with van der Waals surface area (Å²) >= 11 is 0. The Bertz CT molecular complexity index is 832. The van der Waals surface area contributed by atoms with Gasteiger partial charge in [0.2, 0.25) is 11.8 Å². The van der Waals surface area contributed by atoms with E-state index in [1.807, 2.05) is 18.5 Å². The Morgan fingerprint density at radius 3 is 2.69 bits per heavy atom. The maximum absolute atomic E-state index is 12.4. The number of halogens is 3. The van der Waals surface area contributed by atoms with Gasteiger partial charge in [0, 0.05) is 37.0 Å². The molecule has 0 aliphatic heterocycles. The Labute approximate surface area is 168 Å². The topological polar surface area (TPSA) is 69.0 Å². The molecule has 0 unspecified atom stereocenters. The quantitative estimate of drug-likeness (QED) is 0.681. The van der Waals surface area contributed by atoms with Crippen LogP contribution in [0.5, 0.6) is 5.88 Å². The van der Waals surface area contributed by atoms with E-state index in [4.69, 9.17) is 4.74 Å². The van der Waals surface area contributed by atoms with E-state index in [0.29, 0.717) is 17.9 Å². The first kappa shape index (κ1) is 22.7. The normalized spacial score (nSPS) is 11.7. The van der Waals surface area contributed by atoms with Crippen molar-refractivity contribution in [2.45, 2.75) is 59.8 Å². The molecule has 1 N–H and O–H groups in total. The van der Waals surface area contributed by atoms with Gasteiger partial charge >= 0.3 is 6.18 Å². The molecule has 9 heteroatoms. The van der Waals surface area contributed by atoms with E-state index in [1.165, 1.54) is 6.20 Å². The Morgan fingerprint density at radius 1 is 1.31 bits per heavy atom. The SMILES string of the molecule is Cc1nn(CC(C)C)c(C)c1CCC(=O)NCc1cccnc1OCC(F)(F)F. The zero-order valence-corrected chi connectivity index (χ0v) is 17.1. The van der Waals surface area contributed by atoms with E-state index in [0.717, 1.165) is 23.5 Å². The molecule has 2 aromatic heterocycles. The van der Waals surface area contributed by atoms with Gasteiger partial charge in [-0.15, -0.1) is 0 Å². The number of carbonyl (C=O) groups excluding carboxylic acids is 1. The number of hydrogen-bond donors (Lipinski definition) is 1. The zero-order valence-electron chi connectivity index (χ0n) is 17.1. The number of alkyl halides is 3. The number of nitrogens with zero attached hydrogens (tertiary/aromatic N) is 3. The summed E-state index contributed by atoms with van der Waals surface area (Å²) in [5.41, 5.74) is 3.41. The first-order valence-corrected chi connectivity index (χ1v) is 9.50. The molecule has 0 spiro atoms. The fourth-order valence-electron chi connectivity index (χ4n) is 2.98. The van der Waals surface area contributed by atoms with Gasteiger partial charge in [-0.1, -0.05) is 19.9 Å². The molecule has 0 aromatic carbocycles. The van der Waals surface area contributed by atoms with Crippen molar-refractivity contribution in [1.82, 2.24) is 20.1 Å². The predicted molar refractivity (Wildman–Crippen MR) is 102 cm³/mol. The summed E-state index contributed by atoms with van der Waals surface area (Å²) in [5, 5.41) is 7.26. The molecular formula is C20H27F3N4O2.